The summed E-state index contributed by atoms with van der Waals surface area (Å²) in [7, 11) is 1.69. The van der Waals surface area contributed by atoms with Gasteiger partial charge in [-0.3, -0.25) is 14.6 Å². The molecule has 0 spiro atoms. The van der Waals surface area contributed by atoms with E-state index in [1.54, 1.807) is 11.9 Å². The molecule has 3 amide bonds. The molecular formula is C20H25N5O3. The molecule has 1 saturated heterocycles. The first-order valence-corrected chi connectivity index (χ1v) is 9.50. The van der Waals surface area contributed by atoms with Gasteiger partial charge in [-0.2, -0.15) is 0 Å². The summed E-state index contributed by atoms with van der Waals surface area (Å²) in [6.45, 7) is 4.62. The largest absolute Gasteiger partial charge is 0.395 e. The third-order valence-electron chi connectivity index (χ3n) is 5.79. The van der Waals surface area contributed by atoms with Gasteiger partial charge in [-0.05, 0) is 25.8 Å². The number of benzene rings is 1. The quantitative estimate of drug-likeness (QED) is 0.822. The first kappa shape index (κ1) is 18.5. The van der Waals surface area contributed by atoms with Gasteiger partial charge in [-0.25, -0.2) is 9.79 Å². The van der Waals surface area contributed by atoms with Crippen molar-refractivity contribution in [2.45, 2.75) is 32.5 Å². The SMILES string of the molecule is CC1=C(C)N2C(=NC3C2C(=O)N(CCc2ccccc2)C(=O)N3C)N1CCO. The number of carbonyl (C=O) groups is 2. The van der Waals surface area contributed by atoms with Crippen LogP contribution in [-0.4, -0.2) is 81.6 Å². The summed E-state index contributed by atoms with van der Waals surface area (Å²) < 4.78 is 0. The van der Waals surface area contributed by atoms with Crippen molar-refractivity contribution in [2.24, 2.45) is 4.99 Å². The predicted molar refractivity (Wildman–Crippen MR) is 104 cm³/mol. The summed E-state index contributed by atoms with van der Waals surface area (Å²) in [6, 6.07) is 8.94. The van der Waals surface area contributed by atoms with E-state index in [1.165, 1.54) is 4.90 Å². The number of aliphatic hydroxyl groups is 1. The van der Waals surface area contributed by atoms with Crippen LogP contribution < -0.4 is 0 Å². The number of nitrogens with zero attached hydrogens (tertiary/aromatic N) is 5. The lowest BCUT2D eigenvalue weighted by Crippen LogP contribution is -2.64. The zero-order valence-electron chi connectivity index (χ0n) is 16.4. The second-order valence-electron chi connectivity index (χ2n) is 7.32. The Morgan fingerprint density at radius 2 is 1.75 bits per heavy atom. The van der Waals surface area contributed by atoms with Gasteiger partial charge in [-0.1, -0.05) is 30.3 Å². The Morgan fingerprint density at radius 1 is 1.04 bits per heavy atom. The van der Waals surface area contributed by atoms with Gasteiger partial charge in [0.2, 0.25) is 5.96 Å². The molecular weight excluding hydrogens is 358 g/mol. The average Bonchev–Trinajstić information content (AvgIpc) is 3.19. The van der Waals surface area contributed by atoms with E-state index in [9.17, 15) is 14.7 Å². The molecule has 0 radical (unpaired) electrons. The molecule has 1 aromatic rings. The van der Waals surface area contributed by atoms with E-state index < -0.39 is 12.2 Å². The van der Waals surface area contributed by atoms with Crippen molar-refractivity contribution in [1.82, 2.24) is 19.6 Å². The van der Waals surface area contributed by atoms with E-state index in [0.29, 0.717) is 25.5 Å². The van der Waals surface area contributed by atoms with E-state index >= 15 is 0 Å². The topological polar surface area (TPSA) is 79.7 Å². The molecule has 1 fully saturated rings. The second kappa shape index (κ2) is 6.94. The Kier molecular flexibility index (Phi) is 4.58. The van der Waals surface area contributed by atoms with Crippen LogP contribution in [0.4, 0.5) is 4.79 Å². The lowest BCUT2D eigenvalue weighted by molar-refractivity contribution is -0.136. The Balaban J connectivity index is 1.60. The fourth-order valence-electron chi connectivity index (χ4n) is 4.14. The number of carbonyl (C=O) groups excluding carboxylic acids is 2. The molecule has 28 heavy (non-hydrogen) atoms. The molecule has 0 bridgehead atoms. The summed E-state index contributed by atoms with van der Waals surface area (Å²) in [4.78, 5) is 37.6. The van der Waals surface area contributed by atoms with Gasteiger partial charge in [0.25, 0.3) is 5.91 Å². The minimum Gasteiger partial charge on any atom is -0.395 e. The van der Waals surface area contributed by atoms with Crippen molar-refractivity contribution in [3.8, 4) is 0 Å². The summed E-state index contributed by atoms with van der Waals surface area (Å²) >= 11 is 0. The van der Waals surface area contributed by atoms with Gasteiger partial charge in [0.05, 0.1) is 6.61 Å². The first-order chi connectivity index (χ1) is 13.5. The molecule has 0 aliphatic carbocycles. The minimum atomic E-state index is -0.563. The fraction of sp³-hybridized carbons (Fsp3) is 0.450. The molecule has 3 aliphatic rings. The molecule has 148 valence electrons. The minimum absolute atomic E-state index is 0.0151. The lowest BCUT2D eigenvalue weighted by Gasteiger charge is -2.40. The molecule has 8 heteroatoms. The van der Waals surface area contributed by atoms with Crippen LogP contribution in [0.3, 0.4) is 0 Å². The molecule has 0 aromatic heterocycles. The average molecular weight is 383 g/mol. The summed E-state index contributed by atoms with van der Waals surface area (Å²) in [5.41, 5.74) is 2.98. The number of hydrogen-bond acceptors (Lipinski definition) is 6. The highest BCUT2D eigenvalue weighted by molar-refractivity contribution is 6.05. The van der Waals surface area contributed by atoms with Crippen LogP contribution >= 0.6 is 0 Å². The summed E-state index contributed by atoms with van der Waals surface area (Å²) in [5.74, 6) is 0.415. The third kappa shape index (κ3) is 2.67. The zero-order valence-corrected chi connectivity index (χ0v) is 16.4. The standard InChI is InChI=1S/C20H25N5O3/c1-13-14(2)25-16-17(21-19(25)23(13)11-12-26)22(3)20(28)24(18(16)27)10-9-15-7-5-4-6-8-15/h4-8,16-17,26H,9-12H2,1-3H3. The number of β-amino-alcohol motifs (C(OH)–C–C–N with tert-alkyl or cyclic N) is 1. The molecule has 1 aromatic carbocycles. The number of aliphatic hydroxyl groups excluding tert-OH is 1. The number of urea groups is 1. The van der Waals surface area contributed by atoms with E-state index in [1.807, 2.05) is 54.0 Å². The van der Waals surface area contributed by atoms with E-state index in [4.69, 9.17) is 0 Å². The number of rotatable bonds is 5. The monoisotopic (exact) mass is 383 g/mol. The van der Waals surface area contributed by atoms with Gasteiger partial charge in [-0.15, -0.1) is 0 Å². The highest BCUT2D eigenvalue weighted by Crippen LogP contribution is 2.37. The molecule has 3 aliphatic heterocycles. The Bertz CT molecular complexity index is 866. The highest BCUT2D eigenvalue weighted by Gasteiger charge is 2.55. The van der Waals surface area contributed by atoms with Crippen molar-refractivity contribution in [3.63, 3.8) is 0 Å². The first-order valence-electron chi connectivity index (χ1n) is 9.50. The molecule has 2 unspecified atom stereocenters. The zero-order chi connectivity index (χ0) is 20.0. The number of imide groups is 1. The van der Waals surface area contributed by atoms with Gasteiger partial charge in [0.1, 0.15) is 0 Å². The van der Waals surface area contributed by atoms with Gasteiger partial charge >= 0.3 is 6.03 Å². The van der Waals surface area contributed by atoms with Crippen molar-refractivity contribution in [2.75, 3.05) is 26.7 Å². The predicted octanol–water partition coefficient (Wildman–Crippen LogP) is 1.05. The van der Waals surface area contributed by atoms with Gasteiger partial charge in [0.15, 0.2) is 12.2 Å². The van der Waals surface area contributed by atoms with Crippen molar-refractivity contribution >= 4 is 17.9 Å². The van der Waals surface area contributed by atoms with Crippen LogP contribution in [0.25, 0.3) is 0 Å². The summed E-state index contributed by atoms with van der Waals surface area (Å²) in [5, 5.41) is 9.40. The number of guanidine groups is 1. The van der Waals surface area contributed by atoms with Crippen molar-refractivity contribution in [1.29, 1.82) is 0 Å². The number of amides is 3. The molecule has 4 rings (SSSR count). The Morgan fingerprint density at radius 3 is 2.43 bits per heavy atom. The lowest BCUT2D eigenvalue weighted by atomic mass is 10.1. The molecule has 3 heterocycles. The number of likely N-dealkylation sites (N-methyl/N-ethyl adjacent to an activating group) is 1. The van der Waals surface area contributed by atoms with E-state index in [0.717, 1.165) is 17.0 Å². The van der Waals surface area contributed by atoms with E-state index in [2.05, 4.69) is 4.99 Å². The van der Waals surface area contributed by atoms with Crippen molar-refractivity contribution < 1.29 is 14.7 Å². The van der Waals surface area contributed by atoms with Crippen LogP contribution in [0.15, 0.2) is 46.7 Å². The maximum absolute atomic E-state index is 13.3. The maximum atomic E-state index is 13.3. The Labute approximate surface area is 164 Å². The third-order valence-corrected chi connectivity index (χ3v) is 5.79. The summed E-state index contributed by atoms with van der Waals surface area (Å²) in [6.07, 6.45) is 0.0640. The number of fused-ring (bicyclic) bond motifs is 3. The molecule has 8 nitrogen and oxygen atoms in total. The highest BCUT2D eigenvalue weighted by atomic mass is 16.3. The van der Waals surface area contributed by atoms with Crippen LogP contribution in [0.1, 0.15) is 19.4 Å². The van der Waals surface area contributed by atoms with E-state index in [-0.39, 0.29) is 18.5 Å². The van der Waals surface area contributed by atoms with Crippen molar-refractivity contribution in [3.05, 3.63) is 47.3 Å². The molecule has 0 saturated carbocycles. The number of aliphatic imine (C=N–C) groups is 1. The second-order valence-corrected chi connectivity index (χ2v) is 7.32. The van der Waals surface area contributed by atoms with Gasteiger partial charge < -0.3 is 14.9 Å². The Hall–Kier alpha value is -2.87. The maximum Gasteiger partial charge on any atom is 0.328 e. The van der Waals surface area contributed by atoms with Crippen LogP contribution in [0.5, 0.6) is 0 Å². The molecule has 2 atom stereocenters. The fourth-order valence-corrected chi connectivity index (χ4v) is 4.14. The van der Waals surface area contributed by atoms with Crippen LogP contribution in [0.2, 0.25) is 0 Å². The molecule has 1 N–H and O–H groups in total. The number of allylic oxidation sites excluding steroid dienone is 2. The normalized spacial score (nSPS) is 24.2. The van der Waals surface area contributed by atoms with Crippen LogP contribution in [-0.2, 0) is 11.2 Å². The van der Waals surface area contributed by atoms with Crippen LogP contribution in [0, 0.1) is 0 Å². The van der Waals surface area contributed by atoms with Gasteiger partial charge in [0, 0.05) is 31.5 Å². The smallest absolute Gasteiger partial charge is 0.328 e. The number of hydrogen-bond donors (Lipinski definition) is 1.